The Balaban J connectivity index is 1.64. The third-order valence-electron chi connectivity index (χ3n) is 6.36. The maximum absolute atomic E-state index is 13.7. The van der Waals surface area contributed by atoms with Crippen LogP contribution in [-0.4, -0.2) is 63.5 Å². The van der Waals surface area contributed by atoms with Gasteiger partial charge in [0, 0.05) is 19.6 Å². The lowest BCUT2D eigenvalue weighted by Gasteiger charge is -2.39. The van der Waals surface area contributed by atoms with E-state index in [0.29, 0.717) is 32.1 Å². The molecule has 0 N–H and O–H groups in total. The van der Waals surface area contributed by atoms with Crippen LogP contribution >= 0.6 is 0 Å². The van der Waals surface area contributed by atoms with Crippen LogP contribution in [-0.2, 0) is 19.4 Å². The van der Waals surface area contributed by atoms with Crippen molar-refractivity contribution in [2.75, 3.05) is 39.5 Å². The van der Waals surface area contributed by atoms with E-state index < -0.39 is 20.6 Å². The van der Waals surface area contributed by atoms with Crippen molar-refractivity contribution in [3.05, 3.63) is 54.6 Å². The fourth-order valence-electron chi connectivity index (χ4n) is 4.25. The number of carbonyl (C=O) groups is 1. The number of para-hydroxylation sites is 1. The van der Waals surface area contributed by atoms with Crippen LogP contribution in [0, 0.1) is 0 Å². The molecule has 2 aromatic carbocycles. The number of carbonyl (C=O) groups excluding carboxylic acids is 1. The van der Waals surface area contributed by atoms with Crippen LogP contribution < -0.4 is 9.47 Å². The normalized spacial score (nSPS) is 15.9. The van der Waals surface area contributed by atoms with Crippen molar-refractivity contribution in [2.24, 2.45) is 0 Å². The van der Waals surface area contributed by atoms with Crippen molar-refractivity contribution in [1.29, 1.82) is 0 Å². The standard InChI is InChI=1S/C27H37NO6S/c1-3-5-21-33-24-12-14-25(15-13-24)35(30,31)27(26(29)32-4-2)16-19-28(20-17-27)18-9-22-34-23-10-7-6-8-11-23/h6-8,10-15H,3-5,9,16-22H2,1-2H3. The number of benzene rings is 2. The van der Waals surface area contributed by atoms with E-state index in [-0.39, 0.29) is 24.3 Å². The number of unbranched alkanes of at least 4 members (excludes halogenated alkanes) is 1. The summed E-state index contributed by atoms with van der Waals surface area (Å²) in [7, 11) is -3.95. The Labute approximate surface area is 209 Å². The van der Waals surface area contributed by atoms with Crippen molar-refractivity contribution in [1.82, 2.24) is 4.90 Å². The molecule has 1 saturated heterocycles. The number of hydrogen-bond acceptors (Lipinski definition) is 7. The maximum atomic E-state index is 13.7. The Kier molecular flexibility index (Phi) is 9.98. The number of nitrogens with zero attached hydrogens (tertiary/aromatic N) is 1. The highest BCUT2D eigenvalue weighted by atomic mass is 32.2. The lowest BCUT2D eigenvalue weighted by Crippen LogP contribution is -2.55. The molecule has 8 heteroatoms. The molecular weight excluding hydrogens is 466 g/mol. The number of hydrogen-bond donors (Lipinski definition) is 0. The molecule has 192 valence electrons. The van der Waals surface area contributed by atoms with Crippen LogP contribution in [0.2, 0.25) is 0 Å². The number of ether oxygens (including phenoxy) is 3. The molecule has 2 aromatic rings. The first-order valence-electron chi connectivity index (χ1n) is 12.5. The number of sulfone groups is 1. The molecule has 35 heavy (non-hydrogen) atoms. The molecule has 3 rings (SSSR count). The third kappa shape index (κ3) is 6.76. The summed E-state index contributed by atoms with van der Waals surface area (Å²) in [4.78, 5) is 15.4. The molecule has 7 nitrogen and oxygen atoms in total. The zero-order chi connectivity index (χ0) is 25.2. The number of likely N-dealkylation sites (tertiary alicyclic amines) is 1. The van der Waals surface area contributed by atoms with Crippen molar-refractivity contribution >= 4 is 15.8 Å². The first-order chi connectivity index (χ1) is 16.9. The highest BCUT2D eigenvalue weighted by Crippen LogP contribution is 2.37. The third-order valence-corrected chi connectivity index (χ3v) is 8.85. The van der Waals surface area contributed by atoms with Gasteiger partial charge in [0.1, 0.15) is 11.5 Å². The van der Waals surface area contributed by atoms with E-state index in [1.165, 1.54) is 12.1 Å². The average Bonchev–Trinajstić information content (AvgIpc) is 2.88. The second-order valence-corrected chi connectivity index (χ2v) is 11.0. The second kappa shape index (κ2) is 12.9. The Morgan fingerprint density at radius 2 is 1.49 bits per heavy atom. The van der Waals surface area contributed by atoms with Crippen LogP contribution in [0.25, 0.3) is 0 Å². The number of esters is 1. The van der Waals surface area contributed by atoms with Crippen LogP contribution in [0.5, 0.6) is 11.5 Å². The van der Waals surface area contributed by atoms with Crippen molar-refractivity contribution in [3.63, 3.8) is 0 Å². The first kappa shape index (κ1) is 27.0. The average molecular weight is 504 g/mol. The largest absolute Gasteiger partial charge is 0.494 e. The number of piperidine rings is 1. The van der Waals surface area contributed by atoms with E-state index in [9.17, 15) is 13.2 Å². The van der Waals surface area contributed by atoms with Crippen molar-refractivity contribution in [2.45, 2.75) is 55.6 Å². The monoisotopic (exact) mass is 503 g/mol. The quantitative estimate of drug-likeness (QED) is 0.294. The highest BCUT2D eigenvalue weighted by molar-refractivity contribution is 7.93. The molecule has 0 atom stereocenters. The van der Waals surface area contributed by atoms with Gasteiger partial charge in [-0.25, -0.2) is 8.42 Å². The maximum Gasteiger partial charge on any atom is 0.327 e. The smallest absolute Gasteiger partial charge is 0.327 e. The van der Waals surface area contributed by atoms with E-state index in [2.05, 4.69) is 11.8 Å². The Morgan fingerprint density at radius 1 is 0.886 bits per heavy atom. The van der Waals surface area contributed by atoms with Crippen LogP contribution in [0.3, 0.4) is 0 Å². The van der Waals surface area contributed by atoms with Crippen LogP contribution in [0.15, 0.2) is 59.5 Å². The lowest BCUT2D eigenvalue weighted by molar-refractivity contribution is -0.147. The Bertz CT molecular complexity index is 1020. The summed E-state index contributed by atoms with van der Waals surface area (Å²) >= 11 is 0. The van der Waals surface area contributed by atoms with Gasteiger partial charge in [-0.1, -0.05) is 31.5 Å². The van der Waals surface area contributed by atoms with E-state index in [1.54, 1.807) is 19.1 Å². The molecule has 0 radical (unpaired) electrons. The second-order valence-electron chi connectivity index (χ2n) is 8.75. The molecular formula is C27H37NO6S. The van der Waals surface area contributed by atoms with Crippen molar-refractivity contribution < 1.29 is 27.4 Å². The summed E-state index contributed by atoms with van der Waals surface area (Å²) in [6.07, 6.45) is 3.16. The minimum Gasteiger partial charge on any atom is -0.494 e. The van der Waals surface area contributed by atoms with Gasteiger partial charge in [-0.2, -0.15) is 0 Å². The molecule has 0 bridgehead atoms. The summed E-state index contributed by atoms with van der Waals surface area (Å²) < 4.78 is 42.6. The van der Waals surface area contributed by atoms with Gasteiger partial charge in [0.2, 0.25) is 0 Å². The van der Waals surface area contributed by atoms with Gasteiger partial charge >= 0.3 is 5.97 Å². The predicted molar refractivity (Wildman–Crippen MR) is 136 cm³/mol. The van der Waals surface area contributed by atoms with Gasteiger partial charge in [0.25, 0.3) is 0 Å². The fourth-order valence-corrected chi connectivity index (χ4v) is 6.20. The van der Waals surface area contributed by atoms with Gasteiger partial charge in [-0.05, 0) is 69.0 Å². The molecule has 1 aliphatic rings. The molecule has 1 aliphatic heterocycles. The molecule has 0 spiro atoms. The molecule has 1 heterocycles. The van der Waals surface area contributed by atoms with E-state index in [4.69, 9.17) is 14.2 Å². The molecule has 1 fully saturated rings. The summed E-state index contributed by atoms with van der Waals surface area (Å²) in [5, 5.41) is 0. The SMILES string of the molecule is CCCCOc1ccc(S(=O)(=O)C2(C(=O)OCC)CCN(CCCOc3ccccc3)CC2)cc1. The van der Waals surface area contributed by atoms with Crippen LogP contribution in [0.1, 0.15) is 46.0 Å². The van der Waals surface area contributed by atoms with E-state index >= 15 is 0 Å². The molecule has 0 aromatic heterocycles. The molecule has 0 amide bonds. The zero-order valence-corrected chi connectivity index (χ0v) is 21.6. The Morgan fingerprint density at radius 3 is 2.09 bits per heavy atom. The van der Waals surface area contributed by atoms with Crippen LogP contribution in [0.4, 0.5) is 0 Å². The van der Waals surface area contributed by atoms with Crippen molar-refractivity contribution in [3.8, 4) is 11.5 Å². The summed E-state index contributed by atoms with van der Waals surface area (Å²) in [6, 6.07) is 16.0. The summed E-state index contributed by atoms with van der Waals surface area (Å²) in [5.74, 6) is 0.797. The van der Waals surface area contributed by atoms with Gasteiger partial charge in [-0.3, -0.25) is 4.79 Å². The predicted octanol–water partition coefficient (Wildman–Crippen LogP) is 4.51. The van der Waals surface area contributed by atoms with E-state index in [1.807, 2.05) is 30.3 Å². The topological polar surface area (TPSA) is 82.1 Å². The van der Waals surface area contributed by atoms with E-state index in [0.717, 1.165) is 31.6 Å². The summed E-state index contributed by atoms with van der Waals surface area (Å²) in [5.41, 5.74) is 0. The number of rotatable bonds is 13. The van der Waals surface area contributed by atoms with Gasteiger partial charge in [-0.15, -0.1) is 0 Å². The first-order valence-corrected chi connectivity index (χ1v) is 14.0. The molecule has 0 saturated carbocycles. The molecule has 0 aliphatic carbocycles. The van der Waals surface area contributed by atoms with Gasteiger partial charge in [0.05, 0.1) is 24.7 Å². The van der Waals surface area contributed by atoms with Gasteiger partial charge in [0.15, 0.2) is 14.6 Å². The van der Waals surface area contributed by atoms with Gasteiger partial charge < -0.3 is 19.1 Å². The minimum absolute atomic E-state index is 0.123. The molecule has 0 unspecified atom stereocenters. The fraction of sp³-hybridized carbons (Fsp3) is 0.519. The Hall–Kier alpha value is -2.58. The highest BCUT2D eigenvalue weighted by Gasteiger charge is 2.54. The summed E-state index contributed by atoms with van der Waals surface area (Å²) in [6.45, 7) is 6.86. The zero-order valence-electron chi connectivity index (χ0n) is 20.8. The minimum atomic E-state index is -3.95. The lowest BCUT2D eigenvalue weighted by atomic mass is 9.95.